The van der Waals surface area contributed by atoms with Gasteiger partial charge in [-0.25, -0.2) is 18.0 Å². The number of aliphatic hydroxyl groups is 1. The molecule has 2 unspecified atom stereocenters. The number of amides is 3. The number of thioether (sulfide) groups is 1. The van der Waals surface area contributed by atoms with E-state index in [4.69, 9.17) is 19.7 Å². The van der Waals surface area contributed by atoms with Gasteiger partial charge in [0.15, 0.2) is 28.6 Å². The molecular formula is C61H85F3N3O13PS. The Balaban J connectivity index is 0.931. The first-order valence-corrected chi connectivity index (χ1v) is 32.0. The van der Waals surface area contributed by atoms with Crippen LogP contribution >= 0.6 is 19.4 Å². The molecule has 1 aromatic rings. The van der Waals surface area contributed by atoms with Crippen molar-refractivity contribution in [3.8, 4) is 11.8 Å². The number of ketones is 3. The third-order valence-electron chi connectivity index (χ3n) is 18.1. The molecule has 21 heteroatoms. The standard InChI is InChI=1S/C61H85F3N3O13PS/c1-39(2)46(32-44(69)37-78-45-18-13-9-8-10-14-19-45)55(73)67-51(20-17-28-66-57(65)75)52(70)31-41-22-24-42(25-23-41)36-79-81(76,77)29-16-12-7-6-11-15-21-54(72)80-61(56(74)82-38-62)40(3)30-47-48-34-50(63)49-33-43(68)26-27-58(49,4)60(48,64)53(71)35-59(47,61)5/h22-27,33,39-40,45-48,50-51,53,71H,6-13,15-18,20-21,28-32,34-38H2,1-5H3,(H,67,73)(H,76,77)(H3,65,66,75)/t40-,45?,46+,47+,48+,50+,51+,53+,58+,59+,60+,61+/m1/s1. The smallest absolute Gasteiger partial charge is 0.328 e. The highest BCUT2D eigenvalue weighted by Gasteiger charge is 2.78. The molecule has 3 saturated carbocycles. The van der Waals surface area contributed by atoms with Crippen LogP contribution in [0.5, 0.6) is 0 Å². The number of hydrogen-bond donors (Lipinski definition) is 5. The highest BCUT2D eigenvalue weighted by atomic mass is 32.2. The number of urea groups is 1. The maximum atomic E-state index is 17.8. The number of carbonyl (C=O) groups excluding carboxylic acids is 7. The lowest BCUT2D eigenvalue weighted by molar-refractivity contribution is -0.228. The summed E-state index contributed by atoms with van der Waals surface area (Å²) in [4.78, 5) is 102. The second-order valence-corrected chi connectivity index (χ2v) is 26.9. The number of nitrogens with two attached hydrogens (primary N) is 1. The summed E-state index contributed by atoms with van der Waals surface area (Å²) in [5.74, 6) is 0.522. The zero-order valence-electron chi connectivity index (χ0n) is 48.2. The number of esters is 1. The van der Waals surface area contributed by atoms with Gasteiger partial charge in [0.2, 0.25) is 11.0 Å². The normalized spacial score (nSPS) is 29.9. The van der Waals surface area contributed by atoms with E-state index in [9.17, 15) is 52.5 Å². The molecule has 1 aromatic carbocycles. The lowest BCUT2D eigenvalue weighted by Gasteiger charge is -2.63. The molecule has 82 heavy (non-hydrogen) atoms. The number of Topliss-reactive ketones (excluding diaryl/α,β-unsaturated/α-hetero) is 2. The number of nitrogens with one attached hydrogen (secondary N) is 2. The quantitative estimate of drug-likeness (QED) is 0.0208. The van der Waals surface area contributed by atoms with Gasteiger partial charge in [0.25, 0.3) is 0 Å². The summed E-state index contributed by atoms with van der Waals surface area (Å²) in [5, 5.41) is 16.4. The molecule has 6 N–H and O–H groups in total. The highest BCUT2D eigenvalue weighted by Crippen LogP contribution is 2.72. The van der Waals surface area contributed by atoms with Crippen molar-refractivity contribution < 1.29 is 75.3 Å². The van der Waals surface area contributed by atoms with E-state index in [2.05, 4.69) is 22.5 Å². The minimum Gasteiger partial charge on any atom is -0.449 e. The Bertz CT molecular complexity index is 2650. The van der Waals surface area contributed by atoms with Crippen LogP contribution in [0.2, 0.25) is 0 Å². The summed E-state index contributed by atoms with van der Waals surface area (Å²) < 4.78 is 78.2. The molecule has 16 nitrogen and oxygen atoms in total. The number of ether oxygens (including phenoxy) is 2. The zero-order valence-corrected chi connectivity index (χ0v) is 49.9. The van der Waals surface area contributed by atoms with Gasteiger partial charge in [0.05, 0.1) is 18.8 Å². The van der Waals surface area contributed by atoms with Crippen LogP contribution in [0, 0.1) is 52.3 Å². The van der Waals surface area contributed by atoms with Crippen molar-refractivity contribution in [2.24, 2.45) is 46.2 Å². The van der Waals surface area contributed by atoms with Crippen LogP contribution in [0.3, 0.4) is 0 Å². The van der Waals surface area contributed by atoms with Crippen molar-refractivity contribution >= 4 is 59.7 Å². The number of benzene rings is 1. The number of unbranched alkanes of at least 4 members (excludes halogenated alkanes) is 5. The summed E-state index contributed by atoms with van der Waals surface area (Å²) in [6, 6.07) is 4.00. The molecule has 0 spiro atoms. The second kappa shape index (κ2) is 29.4. The van der Waals surface area contributed by atoms with E-state index < -0.39 is 106 Å². The van der Waals surface area contributed by atoms with Crippen LogP contribution in [0.15, 0.2) is 48.1 Å². The van der Waals surface area contributed by atoms with E-state index in [0.29, 0.717) is 67.8 Å². The number of fused-ring (bicyclic) bond motifs is 5. The van der Waals surface area contributed by atoms with Gasteiger partial charge in [-0.1, -0.05) is 96.1 Å². The van der Waals surface area contributed by atoms with Crippen molar-refractivity contribution in [2.75, 3.05) is 25.3 Å². The maximum absolute atomic E-state index is 17.8. The highest BCUT2D eigenvalue weighted by molar-refractivity contribution is 8.13. The van der Waals surface area contributed by atoms with Gasteiger partial charge < -0.3 is 40.4 Å². The van der Waals surface area contributed by atoms with E-state index in [1.54, 1.807) is 38.1 Å². The molecule has 0 bridgehead atoms. The van der Waals surface area contributed by atoms with Crippen molar-refractivity contribution in [3.63, 3.8) is 0 Å². The van der Waals surface area contributed by atoms with Gasteiger partial charge in [-0.05, 0) is 124 Å². The van der Waals surface area contributed by atoms with E-state index in [-0.39, 0.29) is 100 Å². The van der Waals surface area contributed by atoms with Crippen LogP contribution in [-0.2, 0) is 60.4 Å². The number of allylic oxidation sites excluding steroid dienone is 4. The Hall–Kier alpha value is -4.64. The van der Waals surface area contributed by atoms with Crippen molar-refractivity contribution in [3.05, 3.63) is 59.2 Å². The lowest BCUT2D eigenvalue weighted by Crippen LogP contribution is -2.70. The van der Waals surface area contributed by atoms with Crippen LogP contribution in [0.4, 0.5) is 18.0 Å². The first-order chi connectivity index (χ1) is 38.8. The second-order valence-electron chi connectivity index (χ2n) is 24.0. The Morgan fingerprint density at radius 1 is 0.963 bits per heavy atom. The molecule has 454 valence electrons. The third kappa shape index (κ3) is 15.8. The van der Waals surface area contributed by atoms with Crippen LogP contribution in [-0.4, -0.2) is 111 Å². The molecule has 0 heterocycles. The maximum Gasteiger partial charge on any atom is 0.328 e. The lowest BCUT2D eigenvalue weighted by atomic mass is 9.44. The number of alkyl halides is 3. The molecule has 3 fully saturated rings. The summed E-state index contributed by atoms with van der Waals surface area (Å²) in [6.07, 6.45) is 7.50. The molecule has 0 aromatic heterocycles. The summed E-state index contributed by atoms with van der Waals surface area (Å²) in [5.41, 5.74) is -0.940. The number of aliphatic hydroxyl groups excluding tert-OH is 1. The monoisotopic (exact) mass is 1190 g/mol. The van der Waals surface area contributed by atoms with Crippen molar-refractivity contribution in [2.45, 2.75) is 199 Å². The number of carbonyl (C=O) groups is 7. The molecule has 5 aliphatic rings. The Kier molecular flexibility index (Phi) is 23.9. The minimum absolute atomic E-state index is 0.0356. The zero-order chi connectivity index (χ0) is 60.0. The molecule has 5 aliphatic carbocycles. The number of halogens is 3. The van der Waals surface area contributed by atoms with E-state index in [1.807, 2.05) is 13.8 Å². The summed E-state index contributed by atoms with van der Waals surface area (Å²) >= 11 is 0.353. The van der Waals surface area contributed by atoms with Crippen molar-refractivity contribution in [1.82, 2.24) is 10.6 Å². The van der Waals surface area contributed by atoms with E-state index >= 15 is 8.78 Å². The van der Waals surface area contributed by atoms with Gasteiger partial charge in [-0.3, -0.25) is 33.3 Å². The average Bonchev–Trinajstić information content (AvgIpc) is 1.34. The van der Waals surface area contributed by atoms with Crippen LogP contribution < -0.4 is 16.4 Å². The molecule has 0 aliphatic heterocycles. The van der Waals surface area contributed by atoms with E-state index in [1.165, 1.54) is 19.1 Å². The number of rotatable bonds is 30. The van der Waals surface area contributed by atoms with Gasteiger partial charge in [0, 0.05) is 67.0 Å². The fourth-order valence-electron chi connectivity index (χ4n) is 13.6. The fourth-order valence-corrected chi connectivity index (χ4v) is 15.4. The first kappa shape index (κ1) is 66.5. The molecule has 0 radical (unpaired) electrons. The summed E-state index contributed by atoms with van der Waals surface area (Å²) in [6.45, 7) is 8.34. The Morgan fingerprint density at radius 3 is 2.35 bits per heavy atom. The van der Waals surface area contributed by atoms with Gasteiger partial charge in [-0.2, -0.15) is 0 Å². The Labute approximate surface area is 485 Å². The van der Waals surface area contributed by atoms with Crippen LogP contribution in [0.1, 0.15) is 161 Å². The predicted molar refractivity (Wildman–Crippen MR) is 305 cm³/mol. The first-order valence-electron chi connectivity index (χ1n) is 29.2. The van der Waals surface area contributed by atoms with E-state index in [0.717, 1.165) is 38.2 Å². The average molecular weight is 1190 g/mol. The van der Waals surface area contributed by atoms with Gasteiger partial charge >= 0.3 is 19.6 Å². The van der Waals surface area contributed by atoms with Crippen molar-refractivity contribution in [1.29, 1.82) is 0 Å². The molecular weight excluding hydrogens is 1100 g/mol. The van der Waals surface area contributed by atoms with Crippen LogP contribution in [0.25, 0.3) is 0 Å². The fraction of sp³-hybridized carbons (Fsp3) is 0.689. The number of primary amides is 1. The molecule has 6 rings (SSSR count). The molecule has 0 saturated heterocycles. The third-order valence-corrected chi connectivity index (χ3v) is 20.2. The van der Waals surface area contributed by atoms with Gasteiger partial charge in [0.1, 0.15) is 24.9 Å². The molecule has 3 amide bonds. The summed E-state index contributed by atoms with van der Waals surface area (Å²) in [7, 11) is -3.99. The minimum atomic E-state index is -3.99. The topological polar surface area (TPSA) is 255 Å². The Morgan fingerprint density at radius 2 is 1.66 bits per heavy atom. The predicted octanol–water partition coefficient (Wildman–Crippen LogP) is 9.78. The van der Waals surface area contributed by atoms with Gasteiger partial charge in [-0.15, -0.1) is 5.92 Å². The SMILES string of the molecule is CC(C)[C@H](CC(=O)COC1C#CCCCCC1)C(=O)N[C@@H](CCCNC(N)=O)C(=O)Cc1ccc(COP(=O)(O)CCCCCCCCC(=O)O[C@]2(C(=O)SCF)[C@H](C)C[C@H]3[C@@H]4C[C@H](F)C5=CC(=O)C=C[C@]5(C)[C@@]4(F)[C@@H](O)C[C@@]32C)cc1. The molecule has 13 atom stereocenters. The largest absolute Gasteiger partial charge is 0.449 e. The number of hydrogen-bond acceptors (Lipinski definition) is 13.